The smallest absolute Gasteiger partial charge is 0.392 e. The fourth-order valence-electron chi connectivity index (χ4n) is 3.32. The predicted octanol–water partition coefficient (Wildman–Crippen LogP) is 4.58. The first-order valence-corrected chi connectivity index (χ1v) is 7.21. The molecule has 1 N–H and O–H groups in total. The molecule has 0 bridgehead atoms. The van der Waals surface area contributed by atoms with Crippen LogP contribution in [-0.4, -0.2) is 11.2 Å². The third kappa shape index (κ3) is 3.17. The molecule has 4 heteroatoms. The van der Waals surface area contributed by atoms with Gasteiger partial charge in [0.15, 0.2) is 0 Å². The van der Waals surface area contributed by atoms with E-state index in [4.69, 9.17) is 0 Å². The summed E-state index contributed by atoms with van der Waals surface area (Å²) in [7, 11) is 0. The van der Waals surface area contributed by atoms with Crippen molar-refractivity contribution in [1.82, 2.24) is 0 Å². The number of alkyl halides is 3. The van der Waals surface area contributed by atoms with Crippen molar-refractivity contribution in [2.24, 2.45) is 5.41 Å². The number of rotatable bonds is 4. The number of aliphatic hydroxyl groups excluding tert-OH is 1. The summed E-state index contributed by atoms with van der Waals surface area (Å²) in [6.07, 6.45) is 0.467. The van der Waals surface area contributed by atoms with Crippen LogP contribution in [0.2, 0.25) is 0 Å². The molecule has 1 aliphatic carbocycles. The van der Waals surface area contributed by atoms with E-state index in [2.05, 4.69) is 6.92 Å². The van der Waals surface area contributed by atoms with Gasteiger partial charge in [-0.1, -0.05) is 38.0 Å². The van der Waals surface area contributed by atoms with Gasteiger partial charge in [-0.15, -0.1) is 0 Å². The van der Waals surface area contributed by atoms with Crippen LogP contribution < -0.4 is 0 Å². The highest BCUT2D eigenvalue weighted by Gasteiger charge is 2.39. The van der Waals surface area contributed by atoms with Crippen molar-refractivity contribution in [3.63, 3.8) is 0 Å². The standard InChI is InChI=1S/C16H21F3O/c1-2-15(8-3-4-9-15)14(20)11-12-6-5-7-13(10-12)16(17,18)19/h5-7,10,14,20H,2-4,8-9,11H2,1H3. The fraction of sp³-hybridized carbons (Fsp3) is 0.625. The van der Waals surface area contributed by atoms with E-state index < -0.39 is 17.8 Å². The minimum absolute atomic E-state index is 0.103. The lowest BCUT2D eigenvalue weighted by molar-refractivity contribution is -0.137. The lowest BCUT2D eigenvalue weighted by Crippen LogP contribution is -2.33. The Balaban J connectivity index is 2.13. The van der Waals surface area contributed by atoms with Crippen LogP contribution in [0.25, 0.3) is 0 Å². The van der Waals surface area contributed by atoms with Crippen molar-refractivity contribution in [1.29, 1.82) is 0 Å². The van der Waals surface area contributed by atoms with Gasteiger partial charge in [0.25, 0.3) is 0 Å². The van der Waals surface area contributed by atoms with Crippen molar-refractivity contribution >= 4 is 0 Å². The molecule has 1 fully saturated rings. The van der Waals surface area contributed by atoms with E-state index in [-0.39, 0.29) is 5.41 Å². The van der Waals surface area contributed by atoms with Crippen LogP contribution in [0.4, 0.5) is 13.2 Å². The molecule has 0 aromatic heterocycles. The Hall–Kier alpha value is -1.03. The summed E-state index contributed by atoms with van der Waals surface area (Å²) in [4.78, 5) is 0. The van der Waals surface area contributed by atoms with E-state index in [0.29, 0.717) is 12.0 Å². The average molecular weight is 286 g/mol. The summed E-state index contributed by atoms with van der Waals surface area (Å²) in [6, 6.07) is 5.30. The molecule has 0 radical (unpaired) electrons. The van der Waals surface area contributed by atoms with Gasteiger partial charge in [0.1, 0.15) is 0 Å². The number of hydrogen-bond donors (Lipinski definition) is 1. The second-order valence-electron chi connectivity index (χ2n) is 5.84. The second-order valence-corrected chi connectivity index (χ2v) is 5.84. The Bertz CT molecular complexity index is 447. The summed E-state index contributed by atoms with van der Waals surface area (Å²) < 4.78 is 38.1. The molecule has 1 aromatic carbocycles. The van der Waals surface area contributed by atoms with Crippen molar-refractivity contribution in [3.8, 4) is 0 Å². The molecule has 0 aliphatic heterocycles. The minimum Gasteiger partial charge on any atom is -0.392 e. The van der Waals surface area contributed by atoms with E-state index in [1.807, 2.05) is 0 Å². The fourth-order valence-corrected chi connectivity index (χ4v) is 3.32. The molecular weight excluding hydrogens is 265 g/mol. The molecule has 0 heterocycles. The Morgan fingerprint density at radius 2 is 1.90 bits per heavy atom. The maximum atomic E-state index is 12.7. The van der Waals surface area contributed by atoms with Crippen LogP contribution in [0.15, 0.2) is 24.3 Å². The molecule has 0 saturated heterocycles. The Kier molecular flexibility index (Phi) is 4.43. The molecule has 0 spiro atoms. The molecular formula is C16H21F3O. The van der Waals surface area contributed by atoms with E-state index in [9.17, 15) is 18.3 Å². The molecule has 1 atom stereocenters. The molecule has 1 aliphatic rings. The van der Waals surface area contributed by atoms with Crippen LogP contribution in [0.1, 0.15) is 50.2 Å². The van der Waals surface area contributed by atoms with Gasteiger partial charge in [0.05, 0.1) is 11.7 Å². The molecule has 1 nitrogen and oxygen atoms in total. The zero-order valence-electron chi connectivity index (χ0n) is 11.7. The normalized spacial score (nSPS) is 20.1. The summed E-state index contributed by atoms with van der Waals surface area (Å²) in [5, 5.41) is 10.5. The Labute approximate surface area is 117 Å². The van der Waals surface area contributed by atoms with Gasteiger partial charge in [-0.05, 0) is 42.7 Å². The third-order valence-electron chi connectivity index (χ3n) is 4.69. The van der Waals surface area contributed by atoms with Gasteiger partial charge >= 0.3 is 6.18 Å². The topological polar surface area (TPSA) is 20.2 Å². The van der Waals surface area contributed by atoms with Gasteiger partial charge in [-0.2, -0.15) is 13.2 Å². The van der Waals surface area contributed by atoms with E-state index in [0.717, 1.165) is 44.2 Å². The maximum Gasteiger partial charge on any atom is 0.416 e. The number of hydrogen-bond acceptors (Lipinski definition) is 1. The van der Waals surface area contributed by atoms with Gasteiger partial charge in [0.2, 0.25) is 0 Å². The summed E-state index contributed by atoms with van der Waals surface area (Å²) in [5.74, 6) is 0. The van der Waals surface area contributed by atoms with Crippen molar-refractivity contribution in [2.45, 2.75) is 57.7 Å². The Morgan fingerprint density at radius 3 is 2.45 bits per heavy atom. The highest BCUT2D eigenvalue weighted by Crippen LogP contribution is 2.44. The summed E-state index contributed by atoms with van der Waals surface area (Å²) >= 11 is 0. The van der Waals surface area contributed by atoms with Crippen LogP contribution in [0, 0.1) is 5.41 Å². The monoisotopic (exact) mass is 286 g/mol. The zero-order chi connectivity index (χ0) is 14.8. The van der Waals surface area contributed by atoms with Crippen LogP contribution >= 0.6 is 0 Å². The first-order valence-electron chi connectivity index (χ1n) is 7.21. The first kappa shape index (κ1) is 15.4. The second kappa shape index (κ2) is 5.76. The van der Waals surface area contributed by atoms with Crippen molar-refractivity contribution < 1.29 is 18.3 Å². The quantitative estimate of drug-likeness (QED) is 0.859. The lowest BCUT2D eigenvalue weighted by atomic mass is 9.76. The first-order chi connectivity index (χ1) is 9.37. The third-order valence-corrected chi connectivity index (χ3v) is 4.69. The Morgan fingerprint density at radius 1 is 1.25 bits per heavy atom. The van der Waals surface area contributed by atoms with Gasteiger partial charge in [-0.3, -0.25) is 0 Å². The summed E-state index contributed by atoms with van der Waals surface area (Å²) in [5.41, 5.74) is -0.181. The SMILES string of the molecule is CCC1(C(O)Cc2cccc(C(F)(F)F)c2)CCCC1. The number of benzene rings is 1. The molecule has 1 saturated carbocycles. The van der Waals surface area contributed by atoms with Gasteiger partial charge in [-0.25, -0.2) is 0 Å². The number of aliphatic hydroxyl groups is 1. The van der Waals surface area contributed by atoms with Crippen molar-refractivity contribution in [3.05, 3.63) is 35.4 Å². The molecule has 1 aromatic rings. The predicted molar refractivity (Wildman–Crippen MR) is 72.3 cm³/mol. The van der Waals surface area contributed by atoms with Crippen LogP contribution in [-0.2, 0) is 12.6 Å². The highest BCUT2D eigenvalue weighted by atomic mass is 19.4. The molecule has 1 unspecified atom stereocenters. The number of halogens is 3. The molecule has 20 heavy (non-hydrogen) atoms. The zero-order valence-corrected chi connectivity index (χ0v) is 11.7. The van der Waals surface area contributed by atoms with Crippen molar-refractivity contribution in [2.75, 3.05) is 0 Å². The largest absolute Gasteiger partial charge is 0.416 e. The molecule has 2 rings (SSSR count). The van der Waals surface area contributed by atoms with E-state index in [1.54, 1.807) is 6.07 Å². The molecule has 112 valence electrons. The van der Waals surface area contributed by atoms with Crippen LogP contribution in [0.3, 0.4) is 0 Å². The van der Waals surface area contributed by atoms with Gasteiger partial charge in [0, 0.05) is 0 Å². The lowest BCUT2D eigenvalue weighted by Gasteiger charge is -2.33. The van der Waals surface area contributed by atoms with Crippen LogP contribution in [0.5, 0.6) is 0 Å². The van der Waals surface area contributed by atoms with E-state index in [1.165, 1.54) is 6.07 Å². The minimum atomic E-state index is -4.32. The summed E-state index contributed by atoms with van der Waals surface area (Å²) in [6.45, 7) is 2.06. The molecule has 0 amide bonds. The maximum absolute atomic E-state index is 12.7. The van der Waals surface area contributed by atoms with E-state index >= 15 is 0 Å². The van der Waals surface area contributed by atoms with Gasteiger partial charge < -0.3 is 5.11 Å². The highest BCUT2D eigenvalue weighted by molar-refractivity contribution is 5.26. The average Bonchev–Trinajstić information content (AvgIpc) is 2.88.